The number of nitrogens with one attached hydrogen (secondary N) is 2. The Morgan fingerprint density at radius 1 is 1.21 bits per heavy atom. The first kappa shape index (κ1) is 20.7. The molecule has 134 valence electrons. The van der Waals surface area contributed by atoms with Crippen molar-refractivity contribution in [2.24, 2.45) is 4.99 Å². The number of aliphatic imine (C=N–C) groups is 1. The molecule has 6 heteroatoms. The molecule has 0 aromatic heterocycles. The summed E-state index contributed by atoms with van der Waals surface area (Å²) >= 11 is 0. The Labute approximate surface area is 161 Å². The van der Waals surface area contributed by atoms with Gasteiger partial charge in [-0.2, -0.15) is 0 Å². The van der Waals surface area contributed by atoms with Gasteiger partial charge in [-0.1, -0.05) is 30.3 Å². The number of ether oxygens (including phenoxy) is 1. The number of halogens is 1. The van der Waals surface area contributed by atoms with E-state index < -0.39 is 0 Å². The summed E-state index contributed by atoms with van der Waals surface area (Å²) in [7, 11) is 1.74. The lowest BCUT2D eigenvalue weighted by Crippen LogP contribution is -2.37. The Morgan fingerprint density at radius 3 is 2.58 bits per heavy atom. The van der Waals surface area contributed by atoms with Gasteiger partial charge < -0.3 is 15.4 Å². The highest BCUT2D eigenvalue weighted by Crippen LogP contribution is 2.21. The maximum absolute atomic E-state index is 11.7. The summed E-state index contributed by atoms with van der Waals surface area (Å²) in [5.41, 5.74) is 1.20. The van der Waals surface area contributed by atoms with Gasteiger partial charge in [-0.15, -0.1) is 24.0 Å². The number of carbonyl (C=O) groups is 1. The standard InChI is InChI=1S/C18H27N3O2.HI/c1-19-18(21-14-15-8-3-2-4-9-15)20-13-7-12-17(22)23-16-10-5-6-11-16;/h2-4,8-9,16H,5-7,10-14H2,1H3,(H2,19,20,21);1H. The molecule has 0 saturated heterocycles. The van der Waals surface area contributed by atoms with E-state index in [0.717, 1.165) is 31.8 Å². The van der Waals surface area contributed by atoms with Crippen LogP contribution in [0.5, 0.6) is 0 Å². The molecule has 0 heterocycles. The first-order valence-electron chi connectivity index (χ1n) is 8.46. The number of hydrogen-bond acceptors (Lipinski definition) is 3. The number of benzene rings is 1. The number of guanidine groups is 1. The fraction of sp³-hybridized carbons (Fsp3) is 0.556. The Kier molecular flexibility index (Phi) is 10.5. The molecular formula is C18H28IN3O2. The summed E-state index contributed by atoms with van der Waals surface area (Å²) < 4.78 is 5.44. The summed E-state index contributed by atoms with van der Waals surface area (Å²) in [4.78, 5) is 15.9. The SMILES string of the molecule is CN=C(NCCCC(=O)OC1CCCC1)NCc1ccccc1.I. The quantitative estimate of drug-likeness (QED) is 0.223. The van der Waals surface area contributed by atoms with E-state index in [-0.39, 0.29) is 36.0 Å². The molecule has 1 aliphatic carbocycles. The van der Waals surface area contributed by atoms with Gasteiger partial charge in [0.25, 0.3) is 0 Å². The van der Waals surface area contributed by atoms with Gasteiger partial charge >= 0.3 is 5.97 Å². The van der Waals surface area contributed by atoms with Crippen LogP contribution in [0.3, 0.4) is 0 Å². The van der Waals surface area contributed by atoms with Crippen LogP contribution in [0.25, 0.3) is 0 Å². The molecule has 0 amide bonds. The molecule has 1 fully saturated rings. The van der Waals surface area contributed by atoms with Crippen LogP contribution in [0.4, 0.5) is 0 Å². The zero-order valence-electron chi connectivity index (χ0n) is 14.3. The third-order valence-electron chi connectivity index (χ3n) is 3.98. The molecule has 1 saturated carbocycles. The molecule has 0 bridgehead atoms. The summed E-state index contributed by atoms with van der Waals surface area (Å²) in [5.74, 6) is 0.670. The minimum Gasteiger partial charge on any atom is -0.462 e. The van der Waals surface area contributed by atoms with Gasteiger partial charge in [-0.25, -0.2) is 0 Å². The van der Waals surface area contributed by atoms with Crippen molar-refractivity contribution in [2.75, 3.05) is 13.6 Å². The maximum atomic E-state index is 11.7. The van der Waals surface area contributed by atoms with E-state index in [4.69, 9.17) is 4.74 Å². The minimum atomic E-state index is -0.0778. The second-order valence-corrected chi connectivity index (χ2v) is 5.84. The van der Waals surface area contributed by atoms with Crippen LogP contribution in [0.1, 0.15) is 44.1 Å². The van der Waals surface area contributed by atoms with Crippen molar-refractivity contribution in [3.8, 4) is 0 Å². The van der Waals surface area contributed by atoms with E-state index in [9.17, 15) is 4.79 Å². The molecular weight excluding hydrogens is 417 g/mol. The van der Waals surface area contributed by atoms with Crippen LogP contribution in [-0.2, 0) is 16.1 Å². The van der Waals surface area contributed by atoms with Crippen molar-refractivity contribution in [2.45, 2.75) is 51.2 Å². The van der Waals surface area contributed by atoms with Gasteiger partial charge in [0.05, 0.1) is 0 Å². The van der Waals surface area contributed by atoms with E-state index in [1.807, 2.05) is 18.2 Å². The van der Waals surface area contributed by atoms with Crippen molar-refractivity contribution in [3.63, 3.8) is 0 Å². The lowest BCUT2D eigenvalue weighted by Gasteiger charge is -2.13. The smallest absolute Gasteiger partial charge is 0.306 e. The molecule has 1 aliphatic rings. The van der Waals surface area contributed by atoms with E-state index in [2.05, 4.69) is 27.8 Å². The number of rotatable bonds is 7. The largest absolute Gasteiger partial charge is 0.462 e. The van der Waals surface area contributed by atoms with E-state index >= 15 is 0 Å². The first-order valence-corrected chi connectivity index (χ1v) is 8.46. The molecule has 1 aromatic carbocycles. The lowest BCUT2D eigenvalue weighted by atomic mass is 10.2. The predicted octanol–water partition coefficient (Wildman–Crippen LogP) is 3.24. The lowest BCUT2D eigenvalue weighted by molar-refractivity contribution is -0.148. The van der Waals surface area contributed by atoms with Gasteiger partial charge in [0.15, 0.2) is 5.96 Å². The zero-order chi connectivity index (χ0) is 16.3. The average molecular weight is 445 g/mol. The molecule has 2 rings (SSSR count). The zero-order valence-corrected chi connectivity index (χ0v) is 16.6. The van der Waals surface area contributed by atoms with Crippen LogP contribution in [-0.4, -0.2) is 31.6 Å². The van der Waals surface area contributed by atoms with Crippen LogP contribution < -0.4 is 10.6 Å². The fourth-order valence-corrected chi connectivity index (χ4v) is 2.69. The van der Waals surface area contributed by atoms with Crippen LogP contribution >= 0.6 is 24.0 Å². The number of hydrogen-bond donors (Lipinski definition) is 2. The van der Waals surface area contributed by atoms with Crippen molar-refractivity contribution in [1.29, 1.82) is 0 Å². The number of esters is 1. The number of carbonyl (C=O) groups excluding carboxylic acids is 1. The molecule has 24 heavy (non-hydrogen) atoms. The highest BCUT2D eigenvalue weighted by atomic mass is 127. The van der Waals surface area contributed by atoms with E-state index in [0.29, 0.717) is 13.0 Å². The normalized spacial score (nSPS) is 14.8. The second kappa shape index (κ2) is 12.1. The van der Waals surface area contributed by atoms with Crippen molar-refractivity contribution >= 4 is 35.9 Å². The highest BCUT2D eigenvalue weighted by molar-refractivity contribution is 14.0. The predicted molar refractivity (Wildman–Crippen MR) is 108 cm³/mol. The van der Waals surface area contributed by atoms with Crippen LogP contribution in [0.2, 0.25) is 0 Å². The van der Waals surface area contributed by atoms with E-state index in [1.165, 1.54) is 18.4 Å². The monoisotopic (exact) mass is 445 g/mol. The Bertz CT molecular complexity index is 502. The van der Waals surface area contributed by atoms with Gasteiger partial charge in [0.2, 0.25) is 0 Å². The summed E-state index contributed by atoms with van der Waals surface area (Å²) in [6, 6.07) is 10.2. The van der Waals surface area contributed by atoms with Crippen molar-refractivity contribution in [3.05, 3.63) is 35.9 Å². The highest BCUT2D eigenvalue weighted by Gasteiger charge is 2.18. The molecule has 0 unspecified atom stereocenters. The van der Waals surface area contributed by atoms with Crippen LogP contribution in [0.15, 0.2) is 35.3 Å². The topological polar surface area (TPSA) is 62.7 Å². The fourth-order valence-electron chi connectivity index (χ4n) is 2.69. The Balaban J connectivity index is 0.00000288. The van der Waals surface area contributed by atoms with Crippen molar-refractivity contribution in [1.82, 2.24) is 10.6 Å². The Morgan fingerprint density at radius 2 is 1.92 bits per heavy atom. The van der Waals surface area contributed by atoms with Gasteiger partial charge in [0.1, 0.15) is 6.10 Å². The molecule has 5 nitrogen and oxygen atoms in total. The summed E-state index contributed by atoms with van der Waals surface area (Å²) in [6.07, 6.45) is 5.79. The molecule has 0 spiro atoms. The van der Waals surface area contributed by atoms with Gasteiger partial charge in [-0.05, 0) is 37.7 Å². The van der Waals surface area contributed by atoms with Crippen molar-refractivity contribution < 1.29 is 9.53 Å². The molecule has 2 N–H and O–H groups in total. The number of nitrogens with zero attached hydrogens (tertiary/aromatic N) is 1. The second-order valence-electron chi connectivity index (χ2n) is 5.84. The van der Waals surface area contributed by atoms with E-state index in [1.54, 1.807) is 7.05 Å². The maximum Gasteiger partial charge on any atom is 0.306 e. The Hall–Kier alpha value is -1.31. The molecule has 0 atom stereocenters. The summed E-state index contributed by atoms with van der Waals surface area (Å²) in [5, 5.41) is 6.48. The molecule has 1 aromatic rings. The average Bonchev–Trinajstić information content (AvgIpc) is 3.08. The minimum absolute atomic E-state index is 0. The molecule has 0 aliphatic heterocycles. The summed E-state index contributed by atoms with van der Waals surface area (Å²) in [6.45, 7) is 1.43. The third kappa shape index (κ3) is 7.99. The molecule has 0 radical (unpaired) electrons. The van der Waals surface area contributed by atoms with Gasteiger partial charge in [-0.3, -0.25) is 9.79 Å². The van der Waals surface area contributed by atoms with Gasteiger partial charge in [0, 0.05) is 26.6 Å². The first-order chi connectivity index (χ1) is 11.3. The third-order valence-corrected chi connectivity index (χ3v) is 3.98. The van der Waals surface area contributed by atoms with Crippen LogP contribution in [0, 0.1) is 0 Å².